The van der Waals surface area contributed by atoms with E-state index in [-0.39, 0.29) is 6.04 Å². The minimum Gasteiger partial charge on any atom is -0.307 e. The van der Waals surface area contributed by atoms with Gasteiger partial charge in [-0.25, -0.2) is 0 Å². The molecule has 1 atom stereocenters. The fourth-order valence-corrected chi connectivity index (χ4v) is 3.00. The Balaban J connectivity index is 1.65. The van der Waals surface area contributed by atoms with Crippen molar-refractivity contribution in [1.29, 1.82) is 0 Å². The van der Waals surface area contributed by atoms with Gasteiger partial charge in [-0.05, 0) is 41.0 Å². The van der Waals surface area contributed by atoms with Crippen LogP contribution in [0, 0.1) is 0 Å². The molecule has 0 aliphatic rings. The molecule has 134 valence electrons. The van der Waals surface area contributed by atoms with E-state index in [9.17, 15) is 13.2 Å². The van der Waals surface area contributed by atoms with Crippen molar-refractivity contribution < 1.29 is 13.2 Å². The van der Waals surface area contributed by atoms with Crippen LogP contribution >= 0.6 is 0 Å². The molecular formula is C22H20F3N. The molecule has 0 aliphatic heterocycles. The Morgan fingerprint density at radius 1 is 0.962 bits per heavy atom. The van der Waals surface area contributed by atoms with Gasteiger partial charge in [0.1, 0.15) is 0 Å². The summed E-state index contributed by atoms with van der Waals surface area (Å²) in [5, 5.41) is 5.80. The van der Waals surface area contributed by atoms with Crippen molar-refractivity contribution >= 4 is 16.8 Å². The number of benzene rings is 3. The lowest BCUT2D eigenvalue weighted by Crippen LogP contribution is -2.18. The van der Waals surface area contributed by atoms with Crippen LogP contribution in [0.4, 0.5) is 13.2 Å². The fourth-order valence-electron chi connectivity index (χ4n) is 3.00. The normalized spacial score (nSPS) is 13.4. The maximum Gasteiger partial charge on any atom is 0.416 e. The third-order valence-electron chi connectivity index (χ3n) is 4.36. The minimum absolute atomic E-state index is 0.132. The van der Waals surface area contributed by atoms with Gasteiger partial charge in [0, 0.05) is 12.6 Å². The molecule has 0 heterocycles. The second-order valence-electron chi connectivity index (χ2n) is 6.22. The molecule has 0 radical (unpaired) electrons. The van der Waals surface area contributed by atoms with Crippen molar-refractivity contribution in [2.75, 3.05) is 6.54 Å². The average Bonchev–Trinajstić information content (AvgIpc) is 2.64. The molecule has 0 amide bonds. The van der Waals surface area contributed by atoms with Gasteiger partial charge in [0.25, 0.3) is 0 Å². The van der Waals surface area contributed by atoms with E-state index in [2.05, 4.69) is 36.5 Å². The Bertz CT molecular complexity index is 907. The minimum atomic E-state index is -4.31. The molecule has 26 heavy (non-hydrogen) atoms. The van der Waals surface area contributed by atoms with Crippen LogP contribution in [0.3, 0.4) is 0 Å². The number of halogens is 3. The number of hydrogen-bond donors (Lipinski definition) is 1. The topological polar surface area (TPSA) is 12.0 Å². The van der Waals surface area contributed by atoms with Crippen LogP contribution in [-0.4, -0.2) is 6.54 Å². The second kappa shape index (κ2) is 7.75. The Hall–Kier alpha value is -2.59. The second-order valence-corrected chi connectivity index (χ2v) is 6.22. The third kappa shape index (κ3) is 4.33. The molecular weight excluding hydrogens is 335 g/mol. The Morgan fingerprint density at radius 2 is 1.69 bits per heavy atom. The number of nitrogens with one attached hydrogen (secondary N) is 1. The van der Waals surface area contributed by atoms with Crippen molar-refractivity contribution in [2.24, 2.45) is 0 Å². The zero-order valence-corrected chi connectivity index (χ0v) is 14.4. The first-order valence-electron chi connectivity index (χ1n) is 8.50. The molecule has 3 aromatic carbocycles. The van der Waals surface area contributed by atoms with Gasteiger partial charge in [0.15, 0.2) is 0 Å². The summed E-state index contributed by atoms with van der Waals surface area (Å²) in [5.41, 5.74) is 1.12. The lowest BCUT2D eigenvalue weighted by atomic mass is 10.00. The number of rotatable bonds is 5. The maximum absolute atomic E-state index is 12.7. The summed E-state index contributed by atoms with van der Waals surface area (Å²) in [5.74, 6) is 0. The smallest absolute Gasteiger partial charge is 0.307 e. The van der Waals surface area contributed by atoms with E-state index >= 15 is 0 Å². The predicted molar refractivity (Wildman–Crippen MR) is 101 cm³/mol. The van der Waals surface area contributed by atoms with E-state index < -0.39 is 11.7 Å². The Morgan fingerprint density at radius 3 is 2.50 bits per heavy atom. The summed E-state index contributed by atoms with van der Waals surface area (Å²) >= 11 is 0. The lowest BCUT2D eigenvalue weighted by molar-refractivity contribution is -0.137. The molecule has 3 rings (SSSR count). The van der Waals surface area contributed by atoms with Crippen LogP contribution in [0.5, 0.6) is 0 Å². The van der Waals surface area contributed by atoms with Gasteiger partial charge in [-0.15, -0.1) is 0 Å². The largest absolute Gasteiger partial charge is 0.416 e. The number of fused-ring (bicyclic) bond motifs is 1. The zero-order valence-electron chi connectivity index (χ0n) is 14.4. The van der Waals surface area contributed by atoms with Crippen molar-refractivity contribution in [3.8, 4) is 0 Å². The van der Waals surface area contributed by atoms with Gasteiger partial charge in [-0.2, -0.15) is 13.2 Å². The highest BCUT2D eigenvalue weighted by molar-refractivity contribution is 5.86. The van der Waals surface area contributed by atoms with E-state index in [1.165, 1.54) is 22.4 Å². The standard InChI is InChI=1S/C22H20F3N/c1-16(20-13-5-10-18-9-2-3-12-21(18)20)26-14-6-8-17-7-4-11-19(15-17)22(23,24)25/h2-13,15-16,26H,14H2,1H3/b8-6-. The first-order valence-corrected chi connectivity index (χ1v) is 8.50. The highest BCUT2D eigenvalue weighted by atomic mass is 19.4. The van der Waals surface area contributed by atoms with Crippen molar-refractivity contribution in [3.63, 3.8) is 0 Å². The highest BCUT2D eigenvalue weighted by Crippen LogP contribution is 2.29. The summed E-state index contributed by atoms with van der Waals surface area (Å²) in [6.45, 7) is 2.65. The monoisotopic (exact) mass is 355 g/mol. The maximum atomic E-state index is 12.7. The molecule has 1 unspecified atom stereocenters. The Kier molecular flexibility index (Phi) is 5.43. The quantitative estimate of drug-likeness (QED) is 0.573. The molecule has 0 saturated carbocycles. The van der Waals surface area contributed by atoms with Crippen LogP contribution in [0.1, 0.15) is 29.7 Å². The fraction of sp³-hybridized carbons (Fsp3) is 0.182. The summed E-state index contributed by atoms with van der Waals surface area (Å²) < 4.78 is 38.2. The van der Waals surface area contributed by atoms with Crippen LogP contribution in [0.2, 0.25) is 0 Å². The molecule has 0 aromatic heterocycles. The summed E-state index contributed by atoms with van der Waals surface area (Å²) in [7, 11) is 0. The third-order valence-corrected chi connectivity index (χ3v) is 4.36. The Labute approximate surface area is 151 Å². The summed E-state index contributed by atoms with van der Waals surface area (Å²) in [6.07, 6.45) is -0.764. The molecule has 0 fully saturated rings. The molecule has 0 aliphatic carbocycles. The lowest BCUT2D eigenvalue weighted by Gasteiger charge is -2.15. The SMILES string of the molecule is CC(NC/C=C\c1cccc(C(F)(F)F)c1)c1cccc2ccccc12. The van der Waals surface area contributed by atoms with Gasteiger partial charge < -0.3 is 5.32 Å². The molecule has 0 saturated heterocycles. The van der Waals surface area contributed by atoms with E-state index in [1.807, 2.05) is 24.3 Å². The van der Waals surface area contributed by atoms with Gasteiger partial charge >= 0.3 is 6.18 Å². The molecule has 0 bridgehead atoms. The van der Waals surface area contributed by atoms with E-state index in [4.69, 9.17) is 0 Å². The number of hydrogen-bond acceptors (Lipinski definition) is 1. The molecule has 3 aromatic rings. The van der Waals surface area contributed by atoms with Crippen LogP contribution in [0.25, 0.3) is 16.8 Å². The van der Waals surface area contributed by atoms with Crippen molar-refractivity contribution in [3.05, 3.63) is 89.5 Å². The van der Waals surface area contributed by atoms with Gasteiger partial charge in [-0.3, -0.25) is 0 Å². The predicted octanol–water partition coefficient (Wildman–Crippen LogP) is 6.22. The van der Waals surface area contributed by atoms with Crippen LogP contribution in [-0.2, 0) is 6.18 Å². The molecule has 0 spiro atoms. The molecule has 4 heteroatoms. The van der Waals surface area contributed by atoms with Gasteiger partial charge in [-0.1, -0.05) is 66.7 Å². The average molecular weight is 355 g/mol. The first-order chi connectivity index (χ1) is 12.4. The highest BCUT2D eigenvalue weighted by Gasteiger charge is 2.30. The van der Waals surface area contributed by atoms with E-state index in [1.54, 1.807) is 12.1 Å². The summed E-state index contributed by atoms with van der Waals surface area (Å²) in [6, 6.07) is 19.9. The van der Waals surface area contributed by atoms with Gasteiger partial charge in [0.2, 0.25) is 0 Å². The van der Waals surface area contributed by atoms with Crippen LogP contribution < -0.4 is 5.32 Å². The molecule has 1 nitrogen and oxygen atoms in total. The van der Waals surface area contributed by atoms with E-state index in [0.29, 0.717) is 12.1 Å². The summed E-state index contributed by atoms with van der Waals surface area (Å²) in [4.78, 5) is 0. The van der Waals surface area contributed by atoms with Gasteiger partial charge in [0.05, 0.1) is 5.56 Å². The van der Waals surface area contributed by atoms with Crippen molar-refractivity contribution in [1.82, 2.24) is 5.32 Å². The van der Waals surface area contributed by atoms with Crippen molar-refractivity contribution in [2.45, 2.75) is 19.1 Å². The van der Waals surface area contributed by atoms with Crippen LogP contribution in [0.15, 0.2) is 72.8 Å². The van der Waals surface area contributed by atoms with E-state index in [0.717, 1.165) is 12.1 Å². The first kappa shape index (κ1) is 18.2. The zero-order chi connectivity index (χ0) is 18.6. The molecule has 1 N–H and O–H groups in total. The number of alkyl halides is 3.